The number of nitrogens with zero attached hydrogens (tertiary/aromatic N) is 2. The maximum absolute atomic E-state index is 12.4. The van der Waals surface area contributed by atoms with Gasteiger partial charge in [0.25, 0.3) is 11.8 Å². The van der Waals surface area contributed by atoms with Gasteiger partial charge in [-0.1, -0.05) is 26.0 Å². The molecule has 0 bridgehead atoms. The van der Waals surface area contributed by atoms with Crippen LogP contribution in [0.3, 0.4) is 0 Å². The summed E-state index contributed by atoms with van der Waals surface area (Å²) in [6, 6.07) is 6.58. The van der Waals surface area contributed by atoms with Crippen molar-refractivity contribution in [1.82, 2.24) is 15.2 Å². The van der Waals surface area contributed by atoms with Crippen LogP contribution in [0, 0.1) is 5.92 Å². The van der Waals surface area contributed by atoms with Crippen LogP contribution in [0.25, 0.3) is 0 Å². The summed E-state index contributed by atoms with van der Waals surface area (Å²) in [5.41, 5.74) is 0.803. The second-order valence-corrected chi connectivity index (χ2v) is 7.60. The average Bonchev–Trinajstić information content (AvgIpc) is 3.22. The molecule has 1 aromatic heterocycles. The fraction of sp³-hybridized carbons (Fsp3) is 0.368. The van der Waals surface area contributed by atoms with Crippen molar-refractivity contribution in [3.05, 3.63) is 52.0 Å². The van der Waals surface area contributed by atoms with Gasteiger partial charge in [-0.3, -0.25) is 19.3 Å². The van der Waals surface area contributed by atoms with E-state index in [9.17, 15) is 14.4 Å². The van der Waals surface area contributed by atoms with E-state index in [-0.39, 0.29) is 36.7 Å². The van der Waals surface area contributed by atoms with Crippen molar-refractivity contribution in [3.63, 3.8) is 0 Å². The topological polar surface area (TPSA) is 79.4 Å². The number of thiazole rings is 1. The first kappa shape index (κ1) is 18.3. The number of amides is 3. The molecule has 1 aliphatic rings. The molecule has 136 valence electrons. The summed E-state index contributed by atoms with van der Waals surface area (Å²) in [7, 11) is 0. The lowest BCUT2D eigenvalue weighted by Crippen LogP contribution is -2.36. The third-order valence-electron chi connectivity index (χ3n) is 4.23. The Bertz CT molecular complexity index is 782. The molecule has 2 heterocycles. The first-order valence-corrected chi connectivity index (χ1v) is 9.49. The Morgan fingerprint density at radius 3 is 2.38 bits per heavy atom. The predicted octanol–water partition coefficient (Wildman–Crippen LogP) is 3.03. The highest BCUT2D eigenvalue weighted by Gasteiger charge is 2.35. The van der Waals surface area contributed by atoms with Crippen LogP contribution in [0.15, 0.2) is 35.8 Å². The van der Waals surface area contributed by atoms with Crippen LogP contribution < -0.4 is 5.32 Å². The molecule has 2 aromatic rings. The molecule has 7 heteroatoms. The summed E-state index contributed by atoms with van der Waals surface area (Å²) in [4.78, 5) is 42.5. The zero-order valence-electron chi connectivity index (χ0n) is 14.8. The molecule has 0 fully saturated rings. The normalized spacial score (nSPS) is 14.7. The molecule has 3 rings (SSSR count). The van der Waals surface area contributed by atoms with Gasteiger partial charge in [0.05, 0.1) is 17.2 Å². The van der Waals surface area contributed by atoms with E-state index in [2.05, 4.69) is 24.1 Å². The summed E-state index contributed by atoms with van der Waals surface area (Å²) >= 11 is 1.51. The quantitative estimate of drug-likeness (QED) is 0.759. The third kappa shape index (κ3) is 3.83. The lowest BCUT2D eigenvalue weighted by Gasteiger charge is -2.19. The molecule has 0 saturated carbocycles. The van der Waals surface area contributed by atoms with Gasteiger partial charge in [0.15, 0.2) is 0 Å². The number of benzene rings is 1. The van der Waals surface area contributed by atoms with Crippen LogP contribution in [-0.4, -0.2) is 34.2 Å². The Morgan fingerprint density at radius 1 is 1.19 bits per heavy atom. The highest BCUT2D eigenvalue weighted by molar-refractivity contribution is 7.09. The molecule has 3 amide bonds. The molecule has 1 N–H and O–H groups in total. The maximum atomic E-state index is 12.4. The summed E-state index contributed by atoms with van der Waals surface area (Å²) in [6.45, 7) is 4.25. The highest BCUT2D eigenvalue weighted by Crippen LogP contribution is 2.24. The summed E-state index contributed by atoms with van der Waals surface area (Å²) in [6.07, 6.45) is 2.58. The molecule has 6 nitrogen and oxygen atoms in total. The van der Waals surface area contributed by atoms with Crippen molar-refractivity contribution in [2.75, 3.05) is 6.54 Å². The van der Waals surface area contributed by atoms with Crippen molar-refractivity contribution in [3.8, 4) is 0 Å². The van der Waals surface area contributed by atoms with E-state index in [1.165, 1.54) is 11.3 Å². The fourth-order valence-electron chi connectivity index (χ4n) is 3.02. The van der Waals surface area contributed by atoms with E-state index in [0.717, 1.165) is 16.3 Å². The number of imide groups is 1. The Morgan fingerprint density at radius 2 is 1.85 bits per heavy atom. The molecule has 1 aromatic carbocycles. The number of nitrogens with one attached hydrogen (secondary N) is 1. The van der Waals surface area contributed by atoms with Crippen LogP contribution in [0.4, 0.5) is 0 Å². The zero-order chi connectivity index (χ0) is 18.7. The molecular formula is C19H21N3O3S. The maximum Gasteiger partial charge on any atom is 0.261 e. The van der Waals surface area contributed by atoms with Gasteiger partial charge < -0.3 is 5.32 Å². The Kier molecular flexibility index (Phi) is 5.46. The van der Waals surface area contributed by atoms with E-state index < -0.39 is 0 Å². The largest absolute Gasteiger partial charge is 0.347 e. The van der Waals surface area contributed by atoms with Crippen molar-refractivity contribution in [2.45, 2.75) is 32.7 Å². The first-order valence-electron chi connectivity index (χ1n) is 8.61. The molecule has 1 unspecified atom stereocenters. The number of aromatic nitrogens is 1. The minimum absolute atomic E-state index is 0.0739. The van der Waals surface area contributed by atoms with Gasteiger partial charge in [0.2, 0.25) is 5.91 Å². The molecule has 1 atom stereocenters. The predicted molar refractivity (Wildman–Crippen MR) is 98.9 cm³/mol. The van der Waals surface area contributed by atoms with E-state index in [1.54, 1.807) is 30.5 Å². The monoisotopic (exact) mass is 371 g/mol. The van der Waals surface area contributed by atoms with E-state index in [1.807, 2.05) is 5.38 Å². The van der Waals surface area contributed by atoms with E-state index in [0.29, 0.717) is 17.0 Å². The lowest BCUT2D eigenvalue weighted by atomic mass is 10.0. The standard InChI is InChI=1S/C19H21N3O3S/c1-12(2)11-15(17-20-8-10-26-17)21-16(23)7-9-22-18(24)13-5-3-4-6-14(13)19(22)25/h3-6,8,10,12,15H,7,9,11H2,1-2H3,(H,21,23). The zero-order valence-corrected chi connectivity index (χ0v) is 15.6. The number of hydrogen-bond acceptors (Lipinski definition) is 5. The smallest absolute Gasteiger partial charge is 0.261 e. The number of hydrogen-bond donors (Lipinski definition) is 1. The van der Waals surface area contributed by atoms with Crippen molar-refractivity contribution in [1.29, 1.82) is 0 Å². The van der Waals surface area contributed by atoms with Crippen molar-refractivity contribution >= 4 is 29.1 Å². The number of carbonyl (C=O) groups is 3. The van der Waals surface area contributed by atoms with Gasteiger partial charge >= 0.3 is 0 Å². The van der Waals surface area contributed by atoms with Crippen LogP contribution in [-0.2, 0) is 4.79 Å². The molecule has 0 saturated heterocycles. The van der Waals surface area contributed by atoms with E-state index in [4.69, 9.17) is 0 Å². The Balaban J connectivity index is 1.60. The minimum atomic E-state index is -0.336. The third-order valence-corrected chi connectivity index (χ3v) is 5.12. The second-order valence-electron chi connectivity index (χ2n) is 6.68. The van der Waals surface area contributed by atoms with Crippen molar-refractivity contribution in [2.24, 2.45) is 5.92 Å². The van der Waals surface area contributed by atoms with Crippen LogP contribution in [0.5, 0.6) is 0 Å². The Labute approximate surface area is 156 Å². The molecule has 0 radical (unpaired) electrons. The summed E-state index contributed by atoms with van der Waals surface area (Å²) in [5.74, 6) is -0.461. The van der Waals surface area contributed by atoms with Gasteiger partial charge in [-0.15, -0.1) is 11.3 Å². The van der Waals surface area contributed by atoms with Gasteiger partial charge in [-0.25, -0.2) is 4.98 Å². The summed E-state index contributed by atoms with van der Waals surface area (Å²) < 4.78 is 0. The molecular weight excluding hydrogens is 350 g/mol. The minimum Gasteiger partial charge on any atom is -0.347 e. The van der Waals surface area contributed by atoms with E-state index >= 15 is 0 Å². The number of rotatable bonds is 7. The van der Waals surface area contributed by atoms with Crippen LogP contribution >= 0.6 is 11.3 Å². The Hall–Kier alpha value is -2.54. The van der Waals surface area contributed by atoms with Gasteiger partial charge in [0, 0.05) is 24.5 Å². The molecule has 0 spiro atoms. The van der Waals surface area contributed by atoms with Crippen LogP contribution in [0.2, 0.25) is 0 Å². The second kappa shape index (κ2) is 7.78. The highest BCUT2D eigenvalue weighted by atomic mass is 32.1. The van der Waals surface area contributed by atoms with Gasteiger partial charge in [-0.2, -0.15) is 0 Å². The summed E-state index contributed by atoms with van der Waals surface area (Å²) in [5, 5.41) is 5.74. The lowest BCUT2D eigenvalue weighted by molar-refractivity contribution is -0.122. The van der Waals surface area contributed by atoms with Gasteiger partial charge in [0.1, 0.15) is 5.01 Å². The average molecular weight is 371 g/mol. The molecule has 26 heavy (non-hydrogen) atoms. The van der Waals surface area contributed by atoms with Crippen LogP contribution in [0.1, 0.15) is 58.5 Å². The van der Waals surface area contributed by atoms with Gasteiger partial charge in [-0.05, 0) is 24.5 Å². The molecule has 0 aliphatic carbocycles. The fourth-order valence-corrected chi connectivity index (χ4v) is 3.72. The molecule has 1 aliphatic heterocycles. The van der Waals surface area contributed by atoms with Crippen molar-refractivity contribution < 1.29 is 14.4 Å². The number of carbonyl (C=O) groups excluding carboxylic acids is 3. The SMILES string of the molecule is CC(C)CC(NC(=O)CCN1C(=O)c2ccccc2C1=O)c1nccs1. The first-order chi connectivity index (χ1) is 12.5. The number of fused-ring (bicyclic) bond motifs is 1.